The van der Waals surface area contributed by atoms with Gasteiger partial charge in [0.25, 0.3) is 0 Å². The molecule has 1 heterocycles. The Labute approximate surface area is 107 Å². The van der Waals surface area contributed by atoms with Gasteiger partial charge in [0.2, 0.25) is 5.91 Å². The Morgan fingerprint density at radius 3 is 2.83 bits per heavy atom. The Kier molecular flexibility index (Phi) is 3.87. The number of phenols is 1. The van der Waals surface area contributed by atoms with Gasteiger partial charge < -0.3 is 15.7 Å². The first-order valence-electron chi connectivity index (χ1n) is 6.43. The quantitative estimate of drug-likeness (QED) is 0.751. The van der Waals surface area contributed by atoms with E-state index in [1.54, 1.807) is 6.07 Å². The molecule has 0 saturated carbocycles. The molecular weight excluding hydrogens is 228 g/mol. The van der Waals surface area contributed by atoms with Crippen molar-refractivity contribution in [3.63, 3.8) is 0 Å². The van der Waals surface area contributed by atoms with Crippen LogP contribution < -0.4 is 10.6 Å². The minimum Gasteiger partial charge on any atom is -0.508 e. The van der Waals surface area contributed by atoms with Crippen molar-refractivity contribution in [2.75, 3.05) is 11.9 Å². The number of aromatic hydroxyl groups is 1. The number of aryl methyl sites for hydroxylation is 1. The molecule has 1 fully saturated rings. The number of piperidine rings is 1. The first-order valence-corrected chi connectivity index (χ1v) is 6.43. The Morgan fingerprint density at radius 2 is 2.17 bits per heavy atom. The van der Waals surface area contributed by atoms with Gasteiger partial charge in [-0.2, -0.15) is 0 Å². The van der Waals surface area contributed by atoms with Crippen LogP contribution in [-0.4, -0.2) is 23.6 Å². The first-order chi connectivity index (χ1) is 8.59. The summed E-state index contributed by atoms with van der Waals surface area (Å²) >= 11 is 0. The van der Waals surface area contributed by atoms with Crippen LogP contribution in [0.1, 0.15) is 30.4 Å². The molecule has 1 amide bonds. The van der Waals surface area contributed by atoms with Crippen molar-refractivity contribution in [1.29, 1.82) is 0 Å². The fourth-order valence-electron chi connectivity index (χ4n) is 2.31. The summed E-state index contributed by atoms with van der Waals surface area (Å²) in [6.07, 6.45) is 3.10. The van der Waals surface area contributed by atoms with Gasteiger partial charge in [-0.05, 0) is 44.9 Å². The number of anilines is 1. The molecule has 4 heteroatoms. The van der Waals surface area contributed by atoms with Crippen molar-refractivity contribution >= 4 is 11.6 Å². The largest absolute Gasteiger partial charge is 0.508 e. The van der Waals surface area contributed by atoms with Crippen molar-refractivity contribution in [3.05, 3.63) is 23.3 Å². The van der Waals surface area contributed by atoms with Gasteiger partial charge in [0.15, 0.2) is 0 Å². The third kappa shape index (κ3) is 2.64. The number of benzene rings is 1. The lowest BCUT2D eigenvalue weighted by atomic mass is 10.0. The fourth-order valence-corrected chi connectivity index (χ4v) is 2.31. The molecule has 4 nitrogen and oxygen atoms in total. The van der Waals surface area contributed by atoms with Crippen LogP contribution in [0.3, 0.4) is 0 Å². The Bertz CT molecular complexity index is 451. The van der Waals surface area contributed by atoms with Crippen LogP contribution in [0.15, 0.2) is 12.1 Å². The van der Waals surface area contributed by atoms with Gasteiger partial charge in [-0.25, -0.2) is 0 Å². The number of phenolic OH excluding ortho intramolecular Hbond substituents is 1. The van der Waals surface area contributed by atoms with Crippen LogP contribution in [0.25, 0.3) is 0 Å². The maximum Gasteiger partial charge on any atom is 0.241 e. The SMILES string of the molecule is Cc1ccc(O)c(C)c1NC(=O)C1CCCCN1. The van der Waals surface area contributed by atoms with E-state index in [0.717, 1.165) is 42.6 Å². The van der Waals surface area contributed by atoms with Crippen molar-refractivity contribution in [1.82, 2.24) is 5.32 Å². The van der Waals surface area contributed by atoms with Gasteiger partial charge in [-0.15, -0.1) is 0 Å². The first kappa shape index (κ1) is 12.9. The second-order valence-corrected chi connectivity index (χ2v) is 4.89. The van der Waals surface area contributed by atoms with E-state index in [0.29, 0.717) is 0 Å². The fraction of sp³-hybridized carbons (Fsp3) is 0.500. The number of carbonyl (C=O) groups excluding carboxylic acids is 1. The maximum absolute atomic E-state index is 12.1. The average Bonchev–Trinajstić information content (AvgIpc) is 2.40. The molecule has 1 aliphatic rings. The van der Waals surface area contributed by atoms with Gasteiger partial charge in [-0.3, -0.25) is 4.79 Å². The zero-order chi connectivity index (χ0) is 13.1. The highest BCUT2D eigenvalue weighted by atomic mass is 16.3. The molecule has 0 spiro atoms. The molecule has 3 N–H and O–H groups in total. The van der Waals surface area contributed by atoms with E-state index < -0.39 is 0 Å². The van der Waals surface area contributed by atoms with Crippen LogP contribution in [0.5, 0.6) is 5.75 Å². The van der Waals surface area contributed by atoms with Gasteiger partial charge in [-0.1, -0.05) is 12.5 Å². The van der Waals surface area contributed by atoms with Crippen LogP contribution in [-0.2, 0) is 4.79 Å². The summed E-state index contributed by atoms with van der Waals surface area (Å²) in [5, 5.41) is 15.8. The van der Waals surface area contributed by atoms with Crippen LogP contribution in [0.2, 0.25) is 0 Å². The van der Waals surface area contributed by atoms with Crippen molar-refractivity contribution in [2.45, 2.75) is 39.2 Å². The molecule has 0 bridgehead atoms. The third-order valence-electron chi connectivity index (χ3n) is 3.52. The summed E-state index contributed by atoms with van der Waals surface area (Å²) in [6, 6.07) is 3.35. The topological polar surface area (TPSA) is 61.4 Å². The number of rotatable bonds is 2. The summed E-state index contributed by atoms with van der Waals surface area (Å²) in [4.78, 5) is 12.1. The molecule has 0 radical (unpaired) electrons. The normalized spacial score (nSPS) is 19.6. The zero-order valence-electron chi connectivity index (χ0n) is 10.9. The van der Waals surface area contributed by atoms with E-state index in [-0.39, 0.29) is 17.7 Å². The van der Waals surface area contributed by atoms with E-state index in [4.69, 9.17) is 0 Å². The summed E-state index contributed by atoms with van der Waals surface area (Å²) in [7, 11) is 0. The van der Waals surface area contributed by atoms with E-state index >= 15 is 0 Å². The van der Waals surface area contributed by atoms with Crippen molar-refractivity contribution in [2.24, 2.45) is 0 Å². The molecule has 1 atom stereocenters. The van der Waals surface area contributed by atoms with Gasteiger partial charge in [0, 0.05) is 5.56 Å². The van der Waals surface area contributed by atoms with Crippen molar-refractivity contribution < 1.29 is 9.90 Å². The predicted octanol–water partition coefficient (Wildman–Crippen LogP) is 2.09. The molecular formula is C14H20N2O2. The minimum atomic E-state index is -0.111. The van der Waals surface area contributed by atoms with Gasteiger partial charge in [0.05, 0.1) is 11.7 Å². The van der Waals surface area contributed by atoms with E-state index in [9.17, 15) is 9.90 Å². The highest BCUT2D eigenvalue weighted by Gasteiger charge is 2.21. The summed E-state index contributed by atoms with van der Waals surface area (Å²) < 4.78 is 0. The molecule has 98 valence electrons. The number of carbonyl (C=O) groups is 1. The average molecular weight is 248 g/mol. The van der Waals surface area contributed by atoms with Crippen LogP contribution in [0.4, 0.5) is 5.69 Å². The van der Waals surface area contributed by atoms with Gasteiger partial charge in [0.1, 0.15) is 5.75 Å². The summed E-state index contributed by atoms with van der Waals surface area (Å²) in [5.41, 5.74) is 2.42. The second kappa shape index (κ2) is 5.40. The number of hydrogen-bond donors (Lipinski definition) is 3. The van der Waals surface area contributed by atoms with Crippen molar-refractivity contribution in [3.8, 4) is 5.75 Å². The van der Waals surface area contributed by atoms with E-state index in [1.807, 2.05) is 19.9 Å². The molecule has 2 rings (SSSR count). The highest BCUT2D eigenvalue weighted by molar-refractivity contribution is 5.96. The maximum atomic E-state index is 12.1. The number of nitrogens with one attached hydrogen (secondary N) is 2. The lowest BCUT2D eigenvalue weighted by molar-refractivity contribution is -0.118. The standard InChI is InChI=1S/C14H20N2O2/c1-9-6-7-12(17)10(2)13(9)16-14(18)11-5-3-4-8-15-11/h6-7,11,15,17H,3-5,8H2,1-2H3,(H,16,18). The summed E-state index contributed by atoms with van der Waals surface area (Å²) in [5.74, 6) is 0.207. The van der Waals surface area contributed by atoms with Crippen LogP contribution >= 0.6 is 0 Å². The van der Waals surface area contributed by atoms with Crippen LogP contribution in [0, 0.1) is 13.8 Å². The lowest BCUT2D eigenvalue weighted by Crippen LogP contribution is -2.43. The smallest absolute Gasteiger partial charge is 0.241 e. The molecule has 1 aromatic carbocycles. The molecule has 1 saturated heterocycles. The monoisotopic (exact) mass is 248 g/mol. The Hall–Kier alpha value is -1.55. The summed E-state index contributed by atoms with van der Waals surface area (Å²) in [6.45, 7) is 4.64. The zero-order valence-corrected chi connectivity index (χ0v) is 10.9. The van der Waals surface area contributed by atoms with E-state index in [2.05, 4.69) is 10.6 Å². The van der Waals surface area contributed by atoms with E-state index in [1.165, 1.54) is 0 Å². The number of hydrogen-bond acceptors (Lipinski definition) is 3. The minimum absolute atomic E-state index is 0.00787. The molecule has 1 aromatic rings. The molecule has 0 aliphatic carbocycles. The molecule has 1 unspecified atom stereocenters. The second-order valence-electron chi connectivity index (χ2n) is 4.89. The molecule has 1 aliphatic heterocycles. The lowest BCUT2D eigenvalue weighted by Gasteiger charge is -2.23. The Balaban J connectivity index is 2.13. The highest BCUT2D eigenvalue weighted by Crippen LogP contribution is 2.28. The third-order valence-corrected chi connectivity index (χ3v) is 3.52. The van der Waals surface area contributed by atoms with Gasteiger partial charge >= 0.3 is 0 Å². The Morgan fingerprint density at radius 1 is 1.39 bits per heavy atom. The molecule has 0 aromatic heterocycles. The molecule has 18 heavy (non-hydrogen) atoms. The predicted molar refractivity (Wildman–Crippen MR) is 71.9 cm³/mol. The number of amides is 1.